The van der Waals surface area contributed by atoms with E-state index in [1.54, 1.807) is 28.0 Å². The van der Waals surface area contributed by atoms with Crippen molar-refractivity contribution in [3.05, 3.63) is 36.8 Å². The van der Waals surface area contributed by atoms with Gasteiger partial charge in [0.2, 0.25) is 0 Å². The Balaban J connectivity index is 1.55. The van der Waals surface area contributed by atoms with Crippen LogP contribution in [0, 0.1) is 0 Å². The van der Waals surface area contributed by atoms with E-state index < -0.39 is 0 Å². The minimum atomic E-state index is -0.146. The molecule has 3 aromatic rings. The number of hydrogen-bond donors (Lipinski definition) is 2. The maximum Gasteiger partial charge on any atom is 0.323 e. The van der Waals surface area contributed by atoms with Crippen LogP contribution in [-0.4, -0.2) is 49.8 Å². The Morgan fingerprint density at radius 3 is 2.81 bits per heavy atom. The van der Waals surface area contributed by atoms with Crippen molar-refractivity contribution in [2.75, 3.05) is 18.4 Å². The van der Waals surface area contributed by atoms with Crippen molar-refractivity contribution in [3.63, 3.8) is 0 Å². The number of piperidine rings is 1. The summed E-state index contributed by atoms with van der Waals surface area (Å²) < 4.78 is 1.74. The van der Waals surface area contributed by atoms with Crippen molar-refractivity contribution in [2.24, 2.45) is 12.8 Å². The summed E-state index contributed by atoms with van der Waals surface area (Å²) in [6, 6.07) is 5.74. The van der Waals surface area contributed by atoms with Crippen LogP contribution in [0.15, 0.2) is 36.8 Å². The maximum atomic E-state index is 12.4. The number of fused-ring (bicyclic) bond motifs is 1. The number of nitrogens with two attached hydrogens (primary N) is 1. The summed E-state index contributed by atoms with van der Waals surface area (Å²) in [6.07, 6.45) is 7.07. The predicted octanol–water partition coefficient (Wildman–Crippen LogP) is 1.99. The Kier molecular flexibility index (Phi) is 4.26. The van der Waals surface area contributed by atoms with Crippen molar-refractivity contribution in [2.45, 2.75) is 18.9 Å². The predicted molar refractivity (Wildman–Crippen MR) is 99.5 cm³/mol. The van der Waals surface area contributed by atoms with Crippen LogP contribution in [0.1, 0.15) is 12.8 Å². The first kappa shape index (κ1) is 16.5. The summed E-state index contributed by atoms with van der Waals surface area (Å²) in [5.74, 6) is 0.494. The van der Waals surface area contributed by atoms with Crippen molar-refractivity contribution in [1.29, 1.82) is 0 Å². The molecule has 4 heterocycles. The van der Waals surface area contributed by atoms with Gasteiger partial charge < -0.3 is 10.6 Å². The first-order chi connectivity index (χ1) is 12.6. The molecule has 8 heteroatoms. The molecule has 0 bridgehead atoms. The number of pyridine rings is 2. The average molecular weight is 351 g/mol. The smallest absolute Gasteiger partial charge is 0.323 e. The lowest BCUT2D eigenvalue weighted by Crippen LogP contribution is -2.44. The summed E-state index contributed by atoms with van der Waals surface area (Å²) in [6.45, 7) is 1.34. The Bertz CT molecular complexity index is 944. The van der Waals surface area contributed by atoms with Gasteiger partial charge in [0.25, 0.3) is 0 Å². The number of rotatable bonds is 2. The molecule has 1 saturated heterocycles. The lowest BCUT2D eigenvalue weighted by molar-refractivity contribution is 0.195. The van der Waals surface area contributed by atoms with Gasteiger partial charge in [0.05, 0.1) is 17.4 Å². The standard InChI is InChI=1S/C18H21N7O/c1-24-11-13(10-21-24)15-3-2-12-9-20-17(8-16(12)22-15)23-18(26)25-6-4-14(19)5-7-25/h2-3,8-11,14H,4-7,19H2,1H3,(H,20,23,26). The number of carbonyl (C=O) groups excluding carboxylic acids is 1. The van der Waals surface area contributed by atoms with E-state index in [9.17, 15) is 4.79 Å². The van der Waals surface area contributed by atoms with Crippen LogP contribution in [0.3, 0.4) is 0 Å². The number of aryl methyl sites for hydroxylation is 1. The molecule has 1 aliphatic rings. The summed E-state index contributed by atoms with van der Waals surface area (Å²) in [7, 11) is 1.87. The molecule has 3 aromatic heterocycles. The van der Waals surface area contributed by atoms with Crippen LogP contribution in [0.2, 0.25) is 0 Å². The van der Waals surface area contributed by atoms with Gasteiger partial charge in [-0.3, -0.25) is 10.00 Å². The fourth-order valence-electron chi connectivity index (χ4n) is 3.09. The third-order valence-corrected chi connectivity index (χ3v) is 4.64. The number of anilines is 1. The van der Waals surface area contributed by atoms with Gasteiger partial charge in [-0.05, 0) is 25.0 Å². The highest BCUT2D eigenvalue weighted by Crippen LogP contribution is 2.22. The molecule has 0 spiro atoms. The number of aromatic nitrogens is 4. The fourth-order valence-corrected chi connectivity index (χ4v) is 3.09. The molecule has 8 nitrogen and oxygen atoms in total. The van der Waals surface area contributed by atoms with Crippen molar-refractivity contribution < 1.29 is 4.79 Å². The summed E-state index contributed by atoms with van der Waals surface area (Å²) >= 11 is 0. The monoisotopic (exact) mass is 351 g/mol. The molecule has 4 rings (SSSR count). The first-order valence-electron chi connectivity index (χ1n) is 8.66. The number of nitrogens with zero attached hydrogens (tertiary/aromatic N) is 5. The van der Waals surface area contributed by atoms with E-state index in [1.807, 2.05) is 25.4 Å². The van der Waals surface area contributed by atoms with Gasteiger partial charge in [0.1, 0.15) is 5.82 Å². The molecule has 1 fully saturated rings. The van der Waals surface area contributed by atoms with Gasteiger partial charge in [-0.2, -0.15) is 5.10 Å². The molecular weight excluding hydrogens is 330 g/mol. The van der Waals surface area contributed by atoms with Gasteiger partial charge >= 0.3 is 6.03 Å². The molecule has 0 aromatic carbocycles. The zero-order chi connectivity index (χ0) is 18.1. The lowest BCUT2D eigenvalue weighted by Gasteiger charge is -2.30. The number of nitrogens with one attached hydrogen (secondary N) is 1. The van der Waals surface area contributed by atoms with Crippen molar-refractivity contribution >= 4 is 22.8 Å². The van der Waals surface area contributed by atoms with Crippen molar-refractivity contribution in [1.82, 2.24) is 24.6 Å². The highest BCUT2D eigenvalue weighted by molar-refractivity contribution is 5.91. The Hall–Kier alpha value is -3.00. The van der Waals surface area contributed by atoms with Gasteiger partial charge in [-0.1, -0.05) is 0 Å². The Labute approximate surface area is 151 Å². The van der Waals surface area contributed by atoms with E-state index in [4.69, 9.17) is 5.73 Å². The highest BCUT2D eigenvalue weighted by Gasteiger charge is 2.20. The summed E-state index contributed by atoms with van der Waals surface area (Å²) in [4.78, 5) is 23.2. The van der Waals surface area contributed by atoms with E-state index in [0.29, 0.717) is 18.9 Å². The molecular formula is C18H21N7O. The molecule has 0 aliphatic carbocycles. The van der Waals surface area contributed by atoms with Crippen LogP contribution in [0.5, 0.6) is 0 Å². The zero-order valence-corrected chi connectivity index (χ0v) is 14.6. The number of amides is 2. The Morgan fingerprint density at radius 1 is 1.27 bits per heavy atom. The van der Waals surface area contributed by atoms with Gasteiger partial charge in [0.15, 0.2) is 0 Å². The van der Waals surface area contributed by atoms with Crippen LogP contribution in [0.25, 0.3) is 22.2 Å². The summed E-state index contributed by atoms with van der Waals surface area (Å²) in [5, 5.41) is 7.96. The van der Waals surface area contributed by atoms with Crippen LogP contribution in [-0.2, 0) is 7.05 Å². The molecule has 0 atom stereocenters. The van der Waals surface area contributed by atoms with E-state index in [1.165, 1.54) is 0 Å². The van der Waals surface area contributed by atoms with Crippen LogP contribution in [0.4, 0.5) is 10.6 Å². The van der Waals surface area contributed by atoms with Crippen LogP contribution < -0.4 is 11.1 Å². The zero-order valence-electron chi connectivity index (χ0n) is 14.6. The molecule has 26 heavy (non-hydrogen) atoms. The second kappa shape index (κ2) is 6.72. The molecule has 2 amide bonds. The van der Waals surface area contributed by atoms with Crippen molar-refractivity contribution in [3.8, 4) is 11.3 Å². The van der Waals surface area contributed by atoms with Crippen LogP contribution >= 0.6 is 0 Å². The topological polar surface area (TPSA) is 102 Å². The largest absolute Gasteiger partial charge is 0.328 e. The van der Waals surface area contributed by atoms with E-state index in [0.717, 1.165) is 35.0 Å². The van der Waals surface area contributed by atoms with E-state index in [-0.39, 0.29) is 12.1 Å². The minimum absolute atomic E-state index is 0.146. The lowest BCUT2D eigenvalue weighted by atomic mass is 10.1. The quantitative estimate of drug-likeness (QED) is 0.735. The third kappa shape index (κ3) is 3.36. The number of carbonyl (C=O) groups is 1. The Morgan fingerprint density at radius 2 is 2.08 bits per heavy atom. The van der Waals surface area contributed by atoms with Gasteiger partial charge in [-0.25, -0.2) is 14.8 Å². The number of hydrogen-bond acceptors (Lipinski definition) is 5. The number of likely N-dealkylation sites (tertiary alicyclic amines) is 1. The third-order valence-electron chi connectivity index (χ3n) is 4.64. The van der Waals surface area contributed by atoms with E-state index >= 15 is 0 Å². The molecule has 134 valence electrons. The maximum absolute atomic E-state index is 12.4. The normalized spacial score (nSPS) is 15.4. The second-order valence-corrected chi connectivity index (χ2v) is 6.62. The SMILES string of the molecule is Cn1cc(-c2ccc3cnc(NC(=O)N4CCC(N)CC4)cc3n2)cn1. The molecule has 0 unspecified atom stereocenters. The molecule has 1 aliphatic heterocycles. The first-order valence-corrected chi connectivity index (χ1v) is 8.66. The van der Waals surface area contributed by atoms with Gasteiger partial charge in [-0.15, -0.1) is 0 Å². The average Bonchev–Trinajstić information content (AvgIpc) is 3.08. The van der Waals surface area contributed by atoms with Gasteiger partial charge in [0, 0.05) is 55.6 Å². The molecule has 0 radical (unpaired) electrons. The molecule has 3 N–H and O–H groups in total. The second-order valence-electron chi connectivity index (χ2n) is 6.62. The summed E-state index contributed by atoms with van der Waals surface area (Å²) in [5.41, 5.74) is 8.44. The number of urea groups is 1. The van der Waals surface area contributed by atoms with E-state index in [2.05, 4.69) is 20.4 Å². The highest BCUT2D eigenvalue weighted by atomic mass is 16.2. The minimum Gasteiger partial charge on any atom is -0.328 e. The fraction of sp³-hybridized carbons (Fsp3) is 0.333. The molecule has 0 saturated carbocycles.